The predicted octanol–water partition coefficient (Wildman–Crippen LogP) is 5.82. The number of hydrogen-bond donors (Lipinski definition) is 0. The summed E-state index contributed by atoms with van der Waals surface area (Å²) in [5, 5.41) is -0.270. The van der Waals surface area contributed by atoms with Gasteiger partial charge in [-0.3, -0.25) is 14.5 Å². The van der Waals surface area contributed by atoms with Crippen LogP contribution in [0.25, 0.3) is 11.8 Å². The highest BCUT2D eigenvalue weighted by atomic mass is 32.2. The smallest absolute Gasteiger partial charge is 0.338 e. The normalized spacial score (nSPS) is 14.8. The second-order valence-electron chi connectivity index (χ2n) is 8.19. The Kier molecular flexibility index (Phi) is 6.75. The van der Waals surface area contributed by atoms with Gasteiger partial charge in [0.1, 0.15) is 0 Å². The Morgan fingerprint density at radius 1 is 1.03 bits per heavy atom. The fourth-order valence-electron chi connectivity index (χ4n) is 4.09. The van der Waals surface area contributed by atoms with Gasteiger partial charge in [-0.2, -0.15) is 0 Å². The molecule has 0 radical (unpaired) electrons. The molecule has 0 N–H and O–H groups in total. The Balaban J connectivity index is 1.62. The van der Waals surface area contributed by atoms with Gasteiger partial charge in [0.2, 0.25) is 0 Å². The molecule has 1 fully saturated rings. The standard InChI is InChI=1S/C27H26N2O4S/c1-5-33-26(31)21-10-7-11-23(14-21)29-18(3)13-22(19(29)4)15-24-25(30)28(27(32)34-24)16-20-9-6-8-17(2)12-20/h6-15H,5,16H2,1-4H3/b24-15-. The van der Waals surface area contributed by atoms with Crippen molar-refractivity contribution in [3.8, 4) is 5.69 Å². The maximum atomic E-state index is 13.0. The van der Waals surface area contributed by atoms with Crippen molar-refractivity contribution < 1.29 is 19.1 Å². The van der Waals surface area contributed by atoms with E-state index in [9.17, 15) is 14.4 Å². The van der Waals surface area contributed by atoms with E-state index in [-0.39, 0.29) is 23.7 Å². The zero-order chi connectivity index (χ0) is 24.4. The maximum Gasteiger partial charge on any atom is 0.338 e. The first-order valence-electron chi connectivity index (χ1n) is 11.1. The molecule has 2 aromatic carbocycles. The van der Waals surface area contributed by atoms with E-state index in [0.717, 1.165) is 45.5 Å². The second-order valence-corrected chi connectivity index (χ2v) is 9.18. The van der Waals surface area contributed by atoms with Crippen LogP contribution in [0.5, 0.6) is 0 Å². The van der Waals surface area contributed by atoms with Crippen molar-refractivity contribution in [2.75, 3.05) is 6.61 Å². The molecule has 34 heavy (non-hydrogen) atoms. The van der Waals surface area contributed by atoms with Crippen molar-refractivity contribution in [2.45, 2.75) is 34.2 Å². The Labute approximate surface area is 203 Å². The van der Waals surface area contributed by atoms with Gasteiger partial charge in [-0.1, -0.05) is 35.9 Å². The van der Waals surface area contributed by atoms with Crippen molar-refractivity contribution in [3.05, 3.63) is 93.1 Å². The summed E-state index contributed by atoms with van der Waals surface area (Å²) in [7, 11) is 0. The molecule has 0 saturated carbocycles. The van der Waals surface area contributed by atoms with Gasteiger partial charge >= 0.3 is 5.97 Å². The predicted molar refractivity (Wildman–Crippen MR) is 134 cm³/mol. The number of thioether (sulfide) groups is 1. The minimum atomic E-state index is -0.366. The molecular weight excluding hydrogens is 448 g/mol. The molecule has 4 rings (SSSR count). The Morgan fingerprint density at radius 2 is 1.79 bits per heavy atom. The molecule has 0 unspecified atom stereocenters. The first-order valence-corrected chi connectivity index (χ1v) is 11.9. The monoisotopic (exact) mass is 474 g/mol. The summed E-state index contributed by atoms with van der Waals surface area (Å²) in [5.74, 6) is -0.653. The van der Waals surface area contributed by atoms with Gasteiger partial charge in [0, 0.05) is 17.1 Å². The van der Waals surface area contributed by atoms with Crippen LogP contribution in [0.4, 0.5) is 4.79 Å². The van der Waals surface area contributed by atoms with Crippen molar-refractivity contribution in [3.63, 3.8) is 0 Å². The van der Waals surface area contributed by atoms with E-state index >= 15 is 0 Å². The topological polar surface area (TPSA) is 68.6 Å². The average molecular weight is 475 g/mol. The molecular formula is C27H26N2O4S. The van der Waals surface area contributed by atoms with E-state index in [2.05, 4.69) is 0 Å². The van der Waals surface area contributed by atoms with Crippen molar-refractivity contribution >= 4 is 35.0 Å². The molecule has 2 amide bonds. The SMILES string of the molecule is CCOC(=O)c1cccc(-n2c(C)cc(/C=C3\SC(=O)N(Cc4cccc(C)c4)C3=O)c2C)c1. The molecule has 1 aromatic heterocycles. The quantitative estimate of drug-likeness (QED) is 0.333. The molecule has 1 saturated heterocycles. The first kappa shape index (κ1) is 23.6. The summed E-state index contributed by atoms with van der Waals surface area (Å²) in [6.07, 6.45) is 1.77. The van der Waals surface area contributed by atoms with Crippen LogP contribution < -0.4 is 0 Å². The Morgan fingerprint density at radius 3 is 2.53 bits per heavy atom. The number of aromatic nitrogens is 1. The van der Waals surface area contributed by atoms with Crippen LogP contribution in [0.1, 0.15) is 45.4 Å². The van der Waals surface area contributed by atoms with Crippen molar-refractivity contribution in [1.29, 1.82) is 0 Å². The zero-order valence-corrected chi connectivity index (χ0v) is 20.4. The number of benzene rings is 2. The van der Waals surface area contributed by atoms with Gasteiger partial charge in [0.15, 0.2) is 0 Å². The number of imide groups is 1. The minimum absolute atomic E-state index is 0.253. The van der Waals surface area contributed by atoms with Crippen LogP contribution in [0.15, 0.2) is 59.5 Å². The highest BCUT2D eigenvalue weighted by molar-refractivity contribution is 8.18. The van der Waals surface area contributed by atoms with E-state index in [4.69, 9.17) is 4.74 Å². The number of amides is 2. The highest BCUT2D eigenvalue weighted by Crippen LogP contribution is 2.34. The van der Waals surface area contributed by atoms with Gasteiger partial charge in [-0.15, -0.1) is 0 Å². The number of rotatable bonds is 6. The van der Waals surface area contributed by atoms with E-state index in [1.807, 2.05) is 67.8 Å². The lowest BCUT2D eigenvalue weighted by atomic mass is 10.1. The van der Waals surface area contributed by atoms with Gasteiger partial charge in [0.05, 0.1) is 23.6 Å². The Bertz CT molecular complexity index is 1320. The summed E-state index contributed by atoms with van der Waals surface area (Å²) in [6, 6.07) is 17.0. The highest BCUT2D eigenvalue weighted by Gasteiger charge is 2.35. The number of aryl methyl sites for hydroxylation is 2. The maximum absolute atomic E-state index is 13.0. The molecule has 3 aromatic rings. The van der Waals surface area contributed by atoms with Gasteiger partial charge in [-0.25, -0.2) is 4.79 Å². The van der Waals surface area contributed by atoms with Crippen LogP contribution in [0.3, 0.4) is 0 Å². The lowest BCUT2D eigenvalue weighted by Gasteiger charge is -2.12. The van der Waals surface area contributed by atoms with Crippen LogP contribution in [0, 0.1) is 20.8 Å². The van der Waals surface area contributed by atoms with E-state index in [1.54, 1.807) is 25.1 Å². The molecule has 7 heteroatoms. The van der Waals surface area contributed by atoms with Crippen LogP contribution in [-0.2, 0) is 16.1 Å². The number of carbonyl (C=O) groups is 3. The minimum Gasteiger partial charge on any atom is -0.462 e. The van der Waals surface area contributed by atoms with Crippen molar-refractivity contribution in [2.24, 2.45) is 0 Å². The molecule has 1 aliphatic heterocycles. The van der Waals surface area contributed by atoms with Gasteiger partial charge in [-0.05, 0) is 80.9 Å². The summed E-state index contributed by atoms with van der Waals surface area (Å²) < 4.78 is 7.14. The van der Waals surface area contributed by atoms with Crippen LogP contribution in [-0.4, -0.2) is 33.2 Å². The average Bonchev–Trinajstić information content (AvgIpc) is 3.23. The lowest BCUT2D eigenvalue weighted by molar-refractivity contribution is -0.123. The second kappa shape index (κ2) is 9.73. The first-order chi connectivity index (χ1) is 16.3. The fourth-order valence-corrected chi connectivity index (χ4v) is 4.92. The molecule has 0 atom stereocenters. The summed E-state index contributed by atoms with van der Waals surface area (Å²) in [4.78, 5) is 39.5. The molecule has 174 valence electrons. The summed E-state index contributed by atoms with van der Waals surface area (Å²) in [6.45, 7) is 8.24. The molecule has 0 bridgehead atoms. The molecule has 1 aliphatic rings. The number of hydrogen-bond acceptors (Lipinski definition) is 5. The Hall–Kier alpha value is -3.58. The van der Waals surface area contributed by atoms with Crippen molar-refractivity contribution in [1.82, 2.24) is 9.47 Å². The van der Waals surface area contributed by atoms with Crippen LogP contribution in [0.2, 0.25) is 0 Å². The van der Waals surface area contributed by atoms with Gasteiger partial charge in [0.25, 0.3) is 11.1 Å². The molecule has 6 nitrogen and oxygen atoms in total. The van der Waals surface area contributed by atoms with Gasteiger partial charge < -0.3 is 9.30 Å². The van der Waals surface area contributed by atoms with Crippen LogP contribution >= 0.6 is 11.8 Å². The number of ether oxygens (including phenoxy) is 1. The molecule has 0 aliphatic carbocycles. The number of nitrogens with zero attached hydrogens (tertiary/aromatic N) is 2. The largest absolute Gasteiger partial charge is 0.462 e. The zero-order valence-electron chi connectivity index (χ0n) is 19.6. The third-order valence-electron chi connectivity index (χ3n) is 5.67. The fraction of sp³-hybridized carbons (Fsp3) is 0.222. The van der Waals surface area contributed by atoms with E-state index < -0.39 is 0 Å². The lowest BCUT2D eigenvalue weighted by Crippen LogP contribution is -2.27. The third-order valence-corrected chi connectivity index (χ3v) is 6.58. The van der Waals surface area contributed by atoms with E-state index in [1.165, 1.54) is 4.90 Å². The number of carbonyl (C=O) groups excluding carboxylic acids is 3. The molecule has 0 spiro atoms. The summed E-state index contributed by atoms with van der Waals surface area (Å²) >= 11 is 0.960. The summed E-state index contributed by atoms with van der Waals surface area (Å²) in [5.41, 5.74) is 6.01. The van der Waals surface area contributed by atoms with E-state index in [0.29, 0.717) is 17.1 Å². The molecule has 2 heterocycles. The number of esters is 1. The third kappa shape index (κ3) is 4.70.